The van der Waals surface area contributed by atoms with Crippen LogP contribution in [0.4, 0.5) is 0 Å². The molecule has 0 spiro atoms. The van der Waals surface area contributed by atoms with Gasteiger partial charge in [-0.2, -0.15) is 0 Å². The van der Waals surface area contributed by atoms with Gasteiger partial charge in [0.15, 0.2) is 0 Å². The molecule has 28 heavy (non-hydrogen) atoms. The van der Waals surface area contributed by atoms with Crippen LogP contribution in [-0.4, -0.2) is 54.7 Å². The molecule has 2 N–H and O–H groups in total. The van der Waals surface area contributed by atoms with Crippen LogP contribution in [-0.2, 0) is 15.3 Å². The van der Waals surface area contributed by atoms with Gasteiger partial charge in [0.05, 0.1) is 11.8 Å². The third kappa shape index (κ3) is 6.98. The summed E-state index contributed by atoms with van der Waals surface area (Å²) in [5, 5.41) is 6.31. The number of hydrogen-bond donors (Lipinski definition) is 2. The highest BCUT2D eigenvalue weighted by Crippen LogP contribution is 2.19. The van der Waals surface area contributed by atoms with E-state index < -0.39 is 0 Å². The lowest BCUT2D eigenvalue weighted by molar-refractivity contribution is -0.130. The normalized spacial score (nSPS) is 21.8. The molecule has 7 heteroatoms. The molecule has 5 nitrogen and oxygen atoms in total. The van der Waals surface area contributed by atoms with E-state index in [1.54, 1.807) is 11.8 Å². The lowest BCUT2D eigenvalue weighted by Crippen LogP contribution is -2.47. The van der Waals surface area contributed by atoms with Gasteiger partial charge in [-0.15, -0.1) is 24.2 Å². The highest BCUT2D eigenvalue weighted by molar-refractivity contribution is 7.99. The van der Waals surface area contributed by atoms with Gasteiger partial charge in [0, 0.05) is 25.4 Å². The van der Waals surface area contributed by atoms with Gasteiger partial charge >= 0.3 is 0 Å². The van der Waals surface area contributed by atoms with Gasteiger partial charge in [-0.25, -0.2) is 0 Å². The van der Waals surface area contributed by atoms with Crippen molar-refractivity contribution in [1.29, 1.82) is 0 Å². The zero-order chi connectivity index (χ0) is 19.1. The fourth-order valence-corrected chi connectivity index (χ4v) is 4.76. The Morgan fingerprint density at radius 1 is 1.29 bits per heavy atom. The average Bonchev–Trinajstić information content (AvgIpc) is 3.21. The number of piperidine rings is 1. The molecule has 3 rings (SSSR count). The van der Waals surface area contributed by atoms with E-state index in [0.717, 1.165) is 51.1 Å². The first-order valence-electron chi connectivity index (χ1n) is 10.0. The van der Waals surface area contributed by atoms with Crippen LogP contribution in [0.5, 0.6) is 0 Å². The minimum Gasteiger partial charge on any atom is -0.354 e. The number of thioether (sulfide) groups is 1. The Hall–Kier alpha value is -1.24. The maximum atomic E-state index is 12.6. The van der Waals surface area contributed by atoms with Crippen LogP contribution in [0.25, 0.3) is 0 Å². The number of carbonyl (C=O) groups excluding carboxylic acids is 2. The topological polar surface area (TPSA) is 61.4 Å². The molecule has 156 valence electrons. The standard InChI is InChI=1S/C21H31N3O2S.ClH/c1-16-5-2-6-17(11-16)14-27-15-20(25)24-10-4-7-18(13-24)12-23-21(26)19-8-3-9-22-19;/h2,5-6,11,18-19,22H,3-4,7-10,12-15H2,1H3,(H,23,26);1H. The minimum atomic E-state index is -0.0238. The first-order chi connectivity index (χ1) is 13.1. The summed E-state index contributed by atoms with van der Waals surface area (Å²) in [6.07, 6.45) is 4.11. The Labute approximate surface area is 178 Å². The summed E-state index contributed by atoms with van der Waals surface area (Å²) < 4.78 is 0. The maximum Gasteiger partial charge on any atom is 0.237 e. The molecule has 2 amide bonds. The molecule has 0 bridgehead atoms. The first-order valence-corrected chi connectivity index (χ1v) is 11.2. The SMILES string of the molecule is Cc1cccc(CSCC(=O)N2CCCC(CNC(=O)C3CCCN3)C2)c1.Cl. The summed E-state index contributed by atoms with van der Waals surface area (Å²) in [5.74, 6) is 2.11. The molecule has 0 radical (unpaired) electrons. The van der Waals surface area contributed by atoms with Crippen molar-refractivity contribution < 1.29 is 9.59 Å². The lowest BCUT2D eigenvalue weighted by Gasteiger charge is -2.33. The number of amides is 2. The predicted octanol–water partition coefficient (Wildman–Crippen LogP) is 2.76. The summed E-state index contributed by atoms with van der Waals surface area (Å²) in [6.45, 7) is 5.32. The van der Waals surface area contributed by atoms with E-state index in [0.29, 0.717) is 18.2 Å². The number of rotatable bonds is 7. The van der Waals surface area contributed by atoms with Crippen molar-refractivity contribution >= 4 is 36.0 Å². The number of nitrogens with one attached hydrogen (secondary N) is 2. The number of likely N-dealkylation sites (tertiary alicyclic amines) is 1. The van der Waals surface area contributed by atoms with Crippen molar-refractivity contribution in [2.45, 2.75) is 44.4 Å². The van der Waals surface area contributed by atoms with Gasteiger partial charge < -0.3 is 15.5 Å². The molecule has 2 unspecified atom stereocenters. The van der Waals surface area contributed by atoms with Gasteiger partial charge in [0.25, 0.3) is 0 Å². The van der Waals surface area contributed by atoms with Gasteiger partial charge in [-0.1, -0.05) is 29.8 Å². The lowest BCUT2D eigenvalue weighted by atomic mass is 9.98. The molecule has 0 aromatic heterocycles. The Bertz CT molecular complexity index is 652. The summed E-state index contributed by atoms with van der Waals surface area (Å²) in [5.41, 5.74) is 2.53. The third-order valence-corrected chi connectivity index (χ3v) is 6.38. The maximum absolute atomic E-state index is 12.6. The Morgan fingerprint density at radius 3 is 2.89 bits per heavy atom. The fourth-order valence-electron chi connectivity index (χ4n) is 3.88. The van der Waals surface area contributed by atoms with Crippen LogP contribution >= 0.6 is 24.2 Å². The molecule has 2 saturated heterocycles. The fraction of sp³-hybridized carbons (Fsp3) is 0.619. The number of aryl methyl sites for hydroxylation is 1. The van der Waals surface area contributed by atoms with Crippen LogP contribution in [0, 0.1) is 12.8 Å². The zero-order valence-corrected chi connectivity index (χ0v) is 18.2. The molecule has 2 fully saturated rings. The Kier molecular flexibility index (Phi) is 9.62. The van der Waals surface area contributed by atoms with E-state index in [9.17, 15) is 9.59 Å². The van der Waals surface area contributed by atoms with Crippen LogP contribution in [0.15, 0.2) is 24.3 Å². The van der Waals surface area contributed by atoms with Gasteiger partial charge in [0.2, 0.25) is 11.8 Å². The minimum absolute atomic E-state index is 0. The molecule has 2 heterocycles. The summed E-state index contributed by atoms with van der Waals surface area (Å²) >= 11 is 1.68. The second-order valence-electron chi connectivity index (χ2n) is 7.72. The second-order valence-corrected chi connectivity index (χ2v) is 8.71. The van der Waals surface area contributed by atoms with Gasteiger partial charge in [-0.3, -0.25) is 9.59 Å². The monoisotopic (exact) mass is 425 g/mol. The van der Waals surface area contributed by atoms with Crippen LogP contribution in [0.1, 0.15) is 36.8 Å². The smallest absolute Gasteiger partial charge is 0.237 e. The van der Waals surface area contributed by atoms with E-state index in [-0.39, 0.29) is 30.3 Å². The highest BCUT2D eigenvalue weighted by Gasteiger charge is 2.26. The Morgan fingerprint density at radius 2 is 2.14 bits per heavy atom. The zero-order valence-electron chi connectivity index (χ0n) is 16.6. The van der Waals surface area contributed by atoms with Crippen molar-refractivity contribution in [3.05, 3.63) is 35.4 Å². The molecule has 0 aliphatic carbocycles. The van der Waals surface area contributed by atoms with Gasteiger partial charge in [0.1, 0.15) is 0 Å². The molecular formula is C21H32ClN3O2S. The van der Waals surface area contributed by atoms with Crippen molar-refractivity contribution in [3.63, 3.8) is 0 Å². The summed E-state index contributed by atoms with van der Waals surface area (Å²) in [6, 6.07) is 8.43. The largest absolute Gasteiger partial charge is 0.354 e. The van der Waals surface area contributed by atoms with Crippen LogP contribution in [0.3, 0.4) is 0 Å². The molecule has 2 aliphatic rings. The predicted molar refractivity (Wildman–Crippen MR) is 118 cm³/mol. The van der Waals surface area contributed by atoms with Crippen LogP contribution in [0.2, 0.25) is 0 Å². The Balaban J connectivity index is 0.00000280. The summed E-state index contributed by atoms with van der Waals surface area (Å²) in [7, 11) is 0. The number of carbonyl (C=O) groups is 2. The van der Waals surface area contributed by atoms with Crippen molar-refractivity contribution in [1.82, 2.24) is 15.5 Å². The van der Waals surface area contributed by atoms with Gasteiger partial charge in [-0.05, 0) is 50.6 Å². The highest BCUT2D eigenvalue weighted by atomic mass is 35.5. The molecule has 1 aromatic rings. The van der Waals surface area contributed by atoms with Crippen LogP contribution < -0.4 is 10.6 Å². The van der Waals surface area contributed by atoms with Crippen molar-refractivity contribution in [3.8, 4) is 0 Å². The van der Waals surface area contributed by atoms with Crippen molar-refractivity contribution in [2.24, 2.45) is 5.92 Å². The van der Waals surface area contributed by atoms with E-state index in [2.05, 4.69) is 41.8 Å². The van der Waals surface area contributed by atoms with E-state index in [1.807, 2.05) is 4.90 Å². The first kappa shape index (κ1) is 23.0. The van der Waals surface area contributed by atoms with E-state index in [4.69, 9.17) is 0 Å². The number of hydrogen-bond acceptors (Lipinski definition) is 4. The molecular weight excluding hydrogens is 394 g/mol. The van der Waals surface area contributed by atoms with E-state index >= 15 is 0 Å². The average molecular weight is 426 g/mol. The summed E-state index contributed by atoms with van der Waals surface area (Å²) in [4.78, 5) is 26.7. The third-order valence-electron chi connectivity index (χ3n) is 5.39. The quantitative estimate of drug-likeness (QED) is 0.705. The molecule has 1 aromatic carbocycles. The second kappa shape index (κ2) is 11.7. The van der Waals surface area contributed by atoms with E-state index in [1.165, 1.54) is 11.1 Å². The molecule has 0 saturated carbocycles. The number of halogens is 1. The molecule has 2 atom stereocenters. The van der Waals surface area contributed by atoms with Crippen molar-refractivity contribution in [2.75, 3.05) is 31.9 Å². The number of nitrogens with zero attached hydrogens (tertiary/aromatic N) is 1. The number of benzene rings is 1. The molecule has 2 aliphatic heterocycles.